The van der Waals surface area contributed by atoms with Crippen LogP contribution in [0.5, 0.6) is 0 Å². The molecule has 2 aliphatic rings. The standard InChI is InChI=1S/C19H29BrN2S/c1-3-16-14-17(20)4-5-19(16)23-22-12-8-18(9-13-22)21-10-6-15(2)7-11-21/h4-5,14-15,18H,3,6-13H2,1-2H3. The van der Waals surface area contributed by atoms with Gasteiger partial charge in [-0.2, -0.15) is 0 Å². The normalized spacial score (nSPS) is 22.6. The van der Waals surface area contributed by atoms with Gasteiger partial charge < -0.3 is 4.90 Å². The third kappa shape index (κ3) is 4.75. The average Bonchev–Trinajstić information content (AvgIpc) is 2.58. The maximum atomic E-state index is 3.59. The van der Waals surface area contributed by atoms with Crippen LogP contribution >= 0.6 is 27.9 Å². The van der Waals surface area contributed by atoms with Gasteiger partial charge in [0.1, 0.15) is 0 Å². The molecule has 0 aromatic heterocycles. The van der Waals surface area contributed by atoms with Crippen LogP contribution in [0.3, 0.4) is 0 Å². The molecule has 0 unspecified atom stereocenters. The number of rotatable bonds is 4. The fourth-order valence-electron chi connectivity index (χ4n) is 3.74. The Balaban J connectivity index is 1.51. The highest BCUT2D eigenvalue weighted by Crippen LogP contribution is 2.32. The van der Waals surface area contributed by atoms with Gasteiger partial charge in [0.15, 0.2) is 0 Å². The lowest BCUT2D eigenvalue weighted by Crippen LogP contribution is -2.46. The van der Waals surface area contributed by atoms with E-state index in [0.29, 0.717) is 0 Å². The molecule has 2 nitrogen and oxygen atoms in total. The van der Waals surface area contributed by atoms with Crippen LogP contribution in [0.25, 0.3) is 0 Å². The van der Waals surface area contributed by atoms with Crippen LogP contribution < -0.4 is 0 Å². The fourth-order valence-corrected chi connectivity index (χ4v) is 5.27. The summed E-state index contributed by atoms with van der Waals surface area (Å²) in [5.41, 5.74) is 1.46. The molecular weight excluding hydrogens is 368 g/mol. The van der Waals surface area contributed by atoms with Crippen LogP contribution in [0.2, 0.25) is 0 Å². The molecule has 0 radical (unpaired) electrons. The van der Waals surface area contributed by atoms with Gasteiger partial charge in [-0.05, 0) is 86.8 Å². The summed E-state index contributed by atoms with van der Waals surface area (Å²) >= 11 is 5.56. The van der Waals surface area contributed by atoms with Crippen LogP contribution in [0.4, 0.5) is 0 Å². The Bertz CT molecular complexity index is 506. The van der Waals surface area contributed by atoms with Gasteiger partial charge in [0.25, 0.3) is 0 Å². The van der Waals surface area contributed by atoms with E-state index in [1.807, 2.05) is 11.9 Å². The van der Waals surface area contributed by atoms with Gasteiger partial charge in [0.05, 0.1) is 0 Å². The zero-order valence-corrected chi connectivity index (χ0v) is 16.8. The molecule has 2 aliphatic heterocycles. The fraction of sp³-hybridized carbons (Fsp3) is 0.684. The summed E-state index contributed by atoms with van der Waals surface area (Å²) in [6, 6.07) is 7.54. The van der Waals surface area contributed by atoms with E-state index in [4.69, 9.17) is 0 Å². The van der Waals surface area contributed by atoms with E-state index in [9.17, 15) is 0 Å². The van der Waals surface area contributed by atoms with E-state index in [0.717, 1.165) is 18.4 Å². The van der Waals surface area contributed by atoms with E-state index in [2.05, 4.69) is 57.2 Å². The zero-order valence-electron chi connectivity index (χ0n) is 14.4. The molecule has 2 fully saturated rings. The summed E-state index contributed by atoms with van der Waals surface area (Å²) in [5.74, 6) is 0.937. The van der Waals surface area contributed by atoms with E-state index in [1.54, 1.807) is 0 Å². The number of nitrogens with zero attached hydrogens (tertiary/aromatic N) is 2. The van der Waals surface area contributed by atoms with Gasteiger partial charge in [-0.3, -0.25) is 0 Å². The molecule has 1 aromatic rings. The first-order valence-electron chi connectivity index (χ1n) is 9.11. The first-order valence-corrected chi connectivity index (χ1v) is 10.7. The Morgan fingerprint density at radius 2 is 1.78 bits per heavy atom. The first kappa shape index (κ1) is 17.8. The third-order valence-corrected chi connectivity index (χ3v) is 7.10. The third-order valence-electron chi connectivity index (χ3n) is 5.39. The van der Waals surface area contributed by atoms with Crippen molar-refractivity contribution in [2.24, 2.45) is 5.92 Å². The van der Waals surface area contributed by atoms with Crippen molar-refractivity contribution in [3.8, 4) is 0 Å². The monoisotopic (exact) mass is 396 g/mol. The average molecular weight is 397 g/mol. The van der Waals surface area contributed by atoms with Gasteiger partial charge in [-0.25, -0.2) is 4.31 Å². The molecule has 0 aliphatic carbocycles. The van der Waals surface area contributed by atoms with E-state index >= 15 is 0 Å². The predicted octanol–water partition coefficient (Wildman–Crippen LogP) is 5.21. The Kier molecular flexibility index (Phi) is 6.47. The largest absolute Gasteiger partial charge is 0.300 e. The summed E-state index contributed by atoms with van der Waals surface area (Å²) in [5, 5.41) is 0. The topological polar surface area (TPSA) is 6.48 Å². The highest BCUT2D eigenvalue weighted by molar-refractivity contribution is 9.10. The molecular formula is C19H29BrN2S. The number of hydrogen-bond donors (Lipinski definition) is 0. The lowest BCUT2D eigenvalue weighted by molar-refractivity contribution is 0.103. The van der Waals surface area contributed by atoms with E-state index in [-0.39, 0.29) is 0 Å². The van der Waals surface area contributed by atoms with Crippen molar-refractivity contribution in [3.63, 3.8) is 0 Å². The quantitative estimate of drug-likeness (QED) is 0.644. The Morgan fingerprint density at radius 1 is 1.09 bits per heavy atom. The Hall–Kier alpha value is -0.0300. The van der Waals surface area contributed by atoms with Crippen LogP contribution in [-0.2, 0) is 6.42 Å². The minimum atomic E-state index is 0.829. The molecule has 23 heavy (non-hydrogen) atoms. The Labute approximate surface area is 154 Å². The second-order valence-electron chi connectivity index (χ2n) is 7.08. The lowest BCUT2D eigenvalue weighted by atomic mass is 9.95. The molecule has 4 heteroatoms. The molecule has 3 rings (SSSR count). The smallest absolute Gasteiger partial charge is 0.0263 e. The second kappa shape index (κ2) is 8.37. The van der Waals surface area contributed by atoms with Crippen molar-refractivity contribution in [2.75, 3.05) is 26.2 Å². The molecule has 2 saturated heterocycles. The molecule has 0 bridgehead atoms. The van der Waals surface area contributed by atoms with Crippen molar-refractivity contribution >= 4 is 27.9 Å². The van der Waals surface area contributed by atoms with Crippen molar-refractivity contribution in [1.82, 2.24) is 9.21 Å². The highest BCUT2D eigenvalue weighted by atomic mass is 79.9. The molecule has 0 amide bonds. The first-order chi connectivity index (χ1) is 11.2. The minimum Gasteiger partial charge on any atom is -0.300 e. The maximum Gasteiger partial charge on any atom is 0.0263 e. The summed E-state index contributed by atoms with van der Waals surface area (Å²) < 4.78 is 3.77. The van der Waals surface area contributed by atoms with Crippen molar-refractivity contribution in [3.05, 3.63) is 28.2 Å². The Morgan fingerprint density at radius 3 is 2.43 bits per heavy atom. The highest BCUT2D eigenvalue weighted by Gasteiger charge is 2.27. The van der Waals surface area contributed by atoms with Crippen LogP contribution in [0.1, 0.15) is 45.1 Å². The number of aryl methyl sites for hydroxylation is 1. The predicted molar refractivity (Wildman–Crippen MR) is 104 cm³/mol. The van der Waals surface area contributed by atoms with E-state index < -0.39 is 0 Å². The second-order valence-corrected chi connectivity index (χ2v) is 9.13. The lowest BCUT2D eigenvalue weighted by Gasteiger charge is -2.41. The van der Waals surface area contributed by atoms with Gasteiger partial charge in [-0.15, -0.1) is 0 Å². The molecule has 2 heterocycles. The SMILES string of the molecule is CCc1cc(Br)ccc1SN1CCC(N2CCC(C)CC2)CC1. The van der Waals surface area contributed by atoms with Crippen molar-refractivity contribution < 1.29 is 0 Å². The summed E-state index contributed by atoms with van der Waals surface area (Å²) in [6.45, 7) is 9.74. The molecule has 0 saturated carbocycles. The molecule has 0 atom stereocenters. The van der Waals surface area contributed by atoms with Gasteiger partial charge in [0, 0.05) is 28.5 Å². The van der Waals surface area contributed by atoms with Crippen LogP contribution in [0, 0.1) is 5.92 Å². The van der Waals surface area contributed by atoms with Crippen LogP contribution in [-0.4, -0.2) is 41.4 Å². The van der Waals surface area contributed by atoms with Gasteiger partial charge in [0.2, 0.25) is 0 Å². The minimum absolute atomic E-state index is 0.829. The number of piperidine rings is 2. The van der Waals surface area contributed by atoms with Gasteiger partial charge in [-0.1, -0.05) is 29.8 Å². The molecule has 0 spiro atoms. The van der Waals surface area contributed by atoms with Gasteiger partial charge >= 0.3 is 0 Å². The maximum absolute atomic E-state index is 3.59. The van der Waals surface area contributed by atoms with E-state index in [1.165, 1.54) is 66.8 Å². The number of hydrogen-bond acceptors (Lipinski definition) is 3. The summed E-state index contributed by atoms with van der Waals surface area (Å²) in [7, 11) is 0. The molecule has 0 N–H and O–H groups in total. The van der Waals surface area contributed by atoms with Crippen molar-refractivity contribution in [2.45, 2.75) is 56.9 Å². The number of benzene rings is 1. The number of likely N-dealkylation sites (tertiary alicyclic amines) is 1. The molecule has 1 aromatic carbocycles. The van der Waals surface area contributed by atoms with Crippen LogP contribution in [0.15, 0.2) is 27.6 Å². The zero-order chi connectivity index (χ0) is 16.2. The number of halogens is 1. The van der Waals surface area contributed by atoms with Crippen molar-refractivity contribution in [1.29, 1.82) is 0 Å². The molecule has 128 valence electrons. The summed E-state index contributed by atoms with van der Waals surface area (Å²) in [6.07, 6.45) is 6.56. The summed E-state index contributed by atoms with van der Waals surface area (Å²) in [4.78, 5) is 4.19.